The van der Waals surface area contributed by atoms with Gasteiger partial charge in [-0.25, -0.2) is 0 Å². The van der Waals surface area contributed by atoms with Gasteiger partial charge in [-0.2, -0.15) is 0 Å². The van der Waals surface area contributed by atoms with E-state index in [1.165, 1.54) is 24.7 Å². The molecule has 3 rings (SSSR count). The molecule has 0 aliphatic heterocycles. The molecule has 0 heterocycles. The maximum absolute atomic E-state index is 2.52. The number of hydrogen-bond acceptors (Lipinski definition) is 0. The van der Waals surface area contributed by atoms with Crippen LogP contribution in [-0.4, -0.2) is 0 Å². The van der Waals surface area contributed by atoms with Crippen molar-refractivity contribution >= 4 is 0 Å². The van der Waals surface area contributed by atoms with Gasteiger partial charge in [-0.3, -0.25) is 0 Å². The van der Waals surface area contributed by atoms with Crippen LogP contribution < -0.4 is 0 Å². The van der Waals surface area contributed by atoms with Gasteiger partial charge in [-0.1, -0.05) is 33.6 Å². The second kappa shape index (κ2) is 2.32. The van der Waals surface area contributed by atoms with E-state index in [-0.39, 0.29) is 0 Å². The van der Waals surface area contributed by atoms with Gasteiger partial charge in [0.1, 0.15) is 0 Å². The van der Waals surface area contributed by atoms with Crippen LogP contribution in [0.1, 0.15) is 46.5 Å². The zero-order valence-corrected chi connectivity index (χ0v) is 9.22. The minimum absolute atomic E-state index is 0.881. The van der Waals surface area contributed by atoms with Gasteiger partial charge in [0.05, 0.1) is 0 Å². The molecule has 5 atom stereocenters. The number of rotatable bonds is 1. The minimum Gasteiger partial charge on any atom is -0.0651 e. The molecule has 3 aliphatic rings. The molecule has 0 N–H and O–H groups in total. The van der Waals surface area contributed by atoms with Crippen LogP contribution >= 0.6 is 0 Å². The molecule has 5 unspecified atom stereocenters. The van der Waals surface area contributed by atoms with Gasteiger partial charge >= 0.3 is 0 Å². The quantitative estimate of drug-likeness (QED) is 0.574. The molecular formula is C13H22. The van der Waals surface area contributed by atoms with Crippen molar-refractivity contribution in [3.63, 3.8) is 0 Å². The highest BCUT2D eigenvalue weighted by Gasteiger charge is 2.77. The SMILES string of the molecule is CCC1C(C)C(C)C12C1CCCC12. The predicted octanol–water partition coefficient (Wildman–Crippen LogP) is 3.71. The normalized spacial score (nSPS) is 63.5. The van der Waals surface area contributed by atoms with E-state index in [1.54, 1.807) is 12.8 Å². The summed E-state index contributed by atoms with van der Waals surface area (Å²) < 4.78 is 0. The van der Waals surface area contributed by atoms with Crippen LogP contribution in [0.3, 0.4) is 0 Å². The molecule has 0 bridgehead atoms. The molecule has 0 nitrogen and oxygen atoms in total. The first kappa shape index (κ1) is 8.32. The van der Waals surface area contributed by atoms with E-state index in [0.717, 1.165) is 23.2 Å². The third-order valence-corrected chi connectivity index (χ3v) is 5.99. The summed E-state index contributed by atoms with van der Waals surface area (Å²) in [7, 11) is 0. The smallest absolute Gasteiger partial charge is 0.0176 e. The summed E-state index contributed by atoms with van der Waals surface area (Å²) in [6, 6.07) is 0. The Morgan fingerprint density at radius 1 is 1.15 bits per heavy atom. The van der Waals surface area contributed by atoms with Crippen molar-refractivity contribution in [1.29, 1.82) is 0 Å². The number of hydrogen-bond donors (Lipinski definition) is 0. The molecule has 0 aromatic carbocycles. The summed E-state index contributed by atoms with van der Waals surface area (Å²) in [4.78, 5) is 0. The molecule has 3 saturated carbocycles. The lowest BCUT2D eigenvalue weighted by Crippen LogP contribution is -2.48. The van der Waals surface area contributed by atoms with Crippen molar-refractivity contribution in [1.82, 2.24) is 0 Å². The largest absolute Gasteiger partial charge is 0.0651 e. The Bertz CT molecular complexity index is 215. The van der Waals surface area contributed by atoms with Gasteiger partial charge in [0, 0.05) is 0 Å². The van der Waals surface area contributed by atoms with Gasteiger partial charge in [-0.05, 0) is 47.8 Å². The molecule has 74 valence electrons. The first-order chi connectivity index (χ1) is 6.24. The van der Waals surface area contributed by atoms with Crippen LogP contribution in [0, 0.1) is 35.0 Å². The second-order valence-electron chi connectivity index (χ2n) is 5.81. The highest BCUT2D eigenvalue weighted by molar-refractivity contribution is 5.24. The summed E-state index contributed by atoms with van der Waals surface area (Å²) >= 11 is 0. The van der Waals surface area contributed by atoms with Crippen molar-refractivity contribution < 1.29 is 0 Å². The average molecular weight is 178 g/mol. The lowest BCUT2D eigenvalue weighted by molar-refractivity contribution is -0.0539. The average Bonchev–Trinajstić information content (AvgIpc) is 2.60. The zero-order valence-electron chi connectivity index (χ0n) is 9.22. The fourth-order valence-electron chi connectivity index (χ4n) is 5.48. The lowest BCUT2D eigenvalue weighted by Gasteiger charge is -2.53. The molecule has 0 aromatic rings. The highest BCUT2D eigenvalue weighted by atomic mass is 14.8. The Hall–Kier alpha value is 0. The van der Waals surface area contributed by atoms with E-state index in [0.29, 0.717) is 0 Å². The molecule has 0 radical (unpaired) electrons. The molecule has 0 heteroatoms. The maximum Gasteiger partial charge on any atom is -0.0176 e. The molecular weight excluding hydrogens is 156 g/mol. The van der Waals surface area contributed by atoms with E-state index >= 15 is 0 Å². The first-order valence-electron chi connectivity index (χ1n) is 6.24. The van der Waals surface area contributed by atoms with Crippen molar-refractivity contribution in [2.75, 3.05) is 0 Å². The highest BCUT2D eigenvalue weighted by Crippen LogP contribution is 2.82. The summed E-state index contributed by atoms with van der Waals surface area (Å²) in [5.41, 5.74) is 0.881. The van der Waals surface area contributed by atoms with E-state index in [4.69, 9.17) is 0 Å². The van der Waals surface area contributed by atoms with E-state index in [2.05, 4.69) is 20.8 Å². The summed E-state index contributed by atoms with van der Waals surface area (Å²) in [6.07, 6.45) is 6.11. The van der Waals surface area contributed by atoms with E-state index in [1.807, 2.05) is 0 Å². The Morgan fingerprint density at radius 3 is 2.31 bits per heavy atom. The second-order valence-corrected chi connectivity index (χ2v) is 5.81. The molecule has 3 aliphatic carbocycles. The fraction of sp³-hybridized carbons (Fsp3) is 1.00. The topological polar surface area (TPSA) is 0 Å². The molecule has 0 aromatic heterocycles. The van der Waals surface area contributed by atoms with Gasteiger partial charge in [0.15, 0.2) is 0 Å². The fourth-order valence-corrected chi connectivity index (χ4v) is 5.48. The summed E-state index contributed by atoms with van der Waals surface area (Å²) in [5.74, 6) is 5.51. The standard InChI is InChI=1S/C13H22/c1-4-10-8(2)9(3)13(10)11-6-5-7-12(11)13/h8-12H,4-7H2,1-3H3. The van der Waals surface area contributed by atoms with E-state index in [9.17, 15) is 0 Å². The Kier molecular flexibility index (Phi) is 1.49. The summed E-state index contributed by atoms with van der Waals surface area (Å²) in [5, 5.41) is 0. The van der Waals surface area contributed by atoms with Crippen LogP contribution in [0.2, 0.25) is 0 Å². The van der Waals surface area contributed by atoms with Crippen LogP contribution in [0.25, 0.3) is 0 Å². The van der Waals surface area contributed by atoms with Crippen molar-refractivity contribution in [2.24, 2.45) is 35.0 Å². The molecule has 1 spiro atoms. The Labute approximate surface area is 82.1 Å². The Balaban J connectivity index is 1.85. The lowest BCUT2D eigenvalue weighted by atomic mass is 9.51. The van der Waals surface area contributed by atoms with Crippen LogP contribution in [-0.2, 0) is 0 Å². The Morgan fingerprint density at radius 2 is 1.77 bits per heavy atom. The zero-order chi connectivity index (χ0) is 9.22. The van der Waals surface area contributed by atoms with E-state index < -0.39 is 0 Å². The van der Waals surface area contributed by atoms with Gasteiger partial charge in [0.2, 0.25) is 0 Å². The van der Waals surface area contributed by atoms with Crippen molar-refractivity contribution in [3.8, 4) is 0 Å². The predicted molar refractivity (Wildman–Crippen MR) is 55.4 cm³/mol. The first-order valence-corrected chi connectivity index (χ1v) is 6.24. The van der Waals surface area contributed by atoms with Crippen molar-refractivity contribution in [3.05, 3.63) is 0 Å². The van der Waals surface area contributed by atoms with Crippen LogP contribution in [0.15, 0.2) is 0 Å². The molecule has 0 amide bonds. The number of fused-ring (bicyclic) bond motifs is 3. The molecule has 0 saturated heterocycles. The molecule has 3 fully saturated rings. The summed E-state index contributed by atoms with van der Waals surface area (Å²) in [6.45, 7) is 7.41. The van der Waals surface area contributed by atoms with Crippen LogP contribution in [0.5, 0.6) is 0 Å². The maximum atomic E-state index is 2.52. The van der Waals surface area contributed by atoms with Gasteiger partial charge in [0.25, 0.3) is 0 Å². The van der Waals surface area contributed by atoms with Crippen LogP contribution in [0.4, 0.5) is 0 Å². The third-order valence-electron chi connectivity index (χ3n) is 5.99. The van der Waals surface area contributed by atoms with Gasteiger partial charge < -0.3 is 0 Å². The minimum atomic E-state index is 0.881. The monoisotopic (exact) mass is 178 g/mol. The van der Waals surface area contributed by atoms with Gasteiger partial charge in [-0.15, -0.1) is 0 Å². The van der Waals surface area contributed by atoms with Crippen molar-refractivity contribution in [2.45, 2.75) is 46.5 Å². The molecule has 13 heavy (non-hydrogen) atoms. The third kappa shape index (κ3) is 0.680.